The molecule has 0 radical (unpaired) electrons. The number of ether oxygens (including phenoxy) is 1. The van der Waals surface area contributed by atoms with Crippen molar-refractivity contribution in [3.05, 3.63) is 29.8 Å². The van der Waals surface area contributed by atoms with Crippen molar-refractivity contribution in [2.75, 3.05) is 0 Å². The number of ketones is 1. The van der Waals surface area contributed by atoms with Crippen molar-refractivity contribution < 1.29 is 9.53 Å². The Balaban J connectivity index is 2.20. The van der Waals surface area contributed by atoms with E-state index in [0.717, 1.165) is 25.0 Å². The number of hydrogen-bond donors (Lipinski definition) is 1. The Kier molecular flexibility index (Phi) is 4.48. The first-order valence-corrected chi connectivity index (χ1v) is 7.51. The summed E-state index contributed by atoms with van der Waals surface area (Å²) in [5.74, 6) is 1.31. The van der Waals surface area contributed by atoms with Gasteiger partial charge in [0.2, 0.25) is 0 Å². The quantitative estimate of drug-likeness (QED) is 0.855. The third-order valence-electron chi connectivity index (χ3n) is 3.95. The van der Waals surface area contributed by atoms with E-state index in [1.807, 2.05) is 38.1 Å². The van der Waals surface area contributed by atoms with Crippen molar-refractivity contribution in [2.45, 2.75) is 58.1 Å². The minimum atomic E-state index is -0.700. The molecular formula is C17H25NO2. The Labute approximate surface area is 121 Å². The highest BCUT2D eigenvalue weighted by Gasteiger charge is 2.38. The molecule has 1 aromatic carbocycles. The highest BCUT2D eigenvalue weighted by atomic mass is 16.5. The Morgan fingerprint density at radius 1 is 1.45 bits per heavy atom. The Morgan fingerprint density at radius 2 is 2.20 bits per heavy atom. The molecule has 0 aromatic heterocycles. The summed E-state index contributed by atoms with van der Waals surface area (Å²) >= 11 is 0. The van der Waals surface area contributed by atoms with Gasteiger partial charge in [-0.05, 0) is 44.7 Å². The van der Waals surface area contributed by atoms with Gasteiger partial charge in [0.15, 0.2) is 5.78 Å². The van der Waals surface area contributed by atoms with Crippen molar-refractivity contribution in [1.82, 2.24) is 0 Å². The fourth-order valence-electron chi connectivity index (χ4n) is 3.07. The molecular weight excluding hydrogens is 250 g/mol. The molecule has 2 N–H and O–H groups in total. The highest BCUT2D eigenvalue weighted by molar-refractivity contribution is 6.03. The number of carbonyl (C=O) groups excluding carboxylic acids is 1. The van der Waals surface area contributed by atoms with Crippen molar-refractivity contribution >= 4 is 5.78 Å². The molecule has 0 spiro atoms. The molecule has 1 saturated carbocycles. The summed E-state index contributed by atoms with van der Waals surface area (Å²) in [6.45, 7) is 6.12. The van der Waals surface area contributed by atoms with E-state index >= 15 is 0 Å². The molecule has 2 unspecified atom stereocenters. The number of Topliss-reactive ketones (excluding diaryl/α,β-unsaturated/α-hetero) is 1. The third-order valence-corrected chi connectivity index (χ3v) is 3.95. The van der Waals surface area contributed by atoms with Gasteiger partial charge in [-0.1, -0.05) is 31.9 Å². The second-order valence-corrected chi connectivity index (χ2v) is 6.38. The monoisotopic (exact) mass is 275 g/mol. The highest BCUT2D eigenvalue weighted by Crippen LogP contribution is 2.33. The van der Waals surface area contributed by atoms with Crippen molar-refractivity contribution in [1.29, 1.82) is 0 Å². The first kappa shape index (κ1) is 15.0. The van der Waals surface area contributed by atoms with Crippen LogP contribution in [0.25, 0.3) is 0 Å². The molecule has 110 valence electrons. The molecule has 2 rings (SSSR count). The molecule has 2 atom stereocenters. The van der Waals surface area contributed by atoms with Gasteiger partial charge in [0.05, 0.1) is 11.6 Å². The summed E-state index contributed by atoms with van der Waals surface area (Å²) in [5, 5.41) is 0. The van der Waals surface area contributed by atoms with E-state index in [2.05, 4.69) is 6.92 Å². The van der Waals surface area contributed by atoms with Gasteiger partial charge >= 0.3 is 0 Å². The first-order valence-electron chi connectivity index (χ1n) is 7.51. The van der Waals surface area contributed by atoms with Crippen LogP contribution in [-0.2, 0) is 0 Å². The number of benzene rings is 1. The van der Waals surface area contributed by atoms with Crippen LogP contribution in [0.2, 0.25) is 0 Å². The zero-order valence-corrected chi connectivity index (χ0v) is 12.7. The molecule has 1 aliphatic rings. The minimum absolute atomic E-state index is 0.0539. The van der Waals surface area contributed by atoms with Gasteiger partial charge in [-0.3, -0.25) is 4.79 Å². The maximum absolute atomic E-state index is 12.7. The number of rotatable bonds is 4. The average molecular weight is 275 g/mol. The number of carbonyl (C=O) groups is 1. The summed E-state index contributed by atoms with van der Waals surface area (Å²) in [7, 11) is 0. The average Bonchev–Trinajstić information content (AvgIpc) is 2.37. The van der Waals surface area contributed by atoms with Crippen molar-refractivity contribution in [2.24, 2.45) is 11.7 Å². The lowest BCUT2D eigenvalue weighted by atomic mass is 9.73. The minimum Gasteiger partial charge on any atom is -0.491 e. The summed E-state index contributed by atoms with van der Waals surface area (Å²) in [6, 6.07) is 7.39. The SMILES string of the molecule is CC1CCCC(N)(C(=O)c2cccc(OC(C)C)c2)C1. The predicted octanol–water partition coefficient (Wildman–Crippen LogP) is 3.56. The van der Waals surface area contributed by atoms with E-state index in [9.17, 15) is 4.79 Å². The van der Waals surface area contributed by atoms with E-state index < -0.39 is 5.54 Å². The maximum Gasteiger partial charge on any atom is 0.182 e. The van der Waals surface area contributed by atoms with Gasteiger partial charge in [0.25, 0.3) is 0 Å². The molecule has 0 saturated heterocycles. The predicted molar refractivity (Wildman–Crippen MR) is 81.1 cm³/mol. The van der Waals surface area contributed by atoms with E-state index in [1.165, 1.54) is 6.42 Å². The molecule has 0 bridgehead atoms. The zero-order chi connectivity index (χ0) is 14.8. The lowest BCUT2D eigenvalue weighted by Crippen LogP contribution is -2.51. The molecule has 0 amide bonds. The Hall–Kier alpha value is -1.35. The van der Waals surface area contributed by atoms with Gasteiger partial charge in [-0.25, -0.2) is 0 Å². The van der Waals surface area contributed by atoms with E-state index in [4.69, 9.17) is 10.5 Å². The van der Waals surface area contributed by atoms with Crippen LogP contribution in [0.1, 0.15) is 56.8 Å². The summed E-state index contributed by atoms with van der Waals surface area (Å²) in [5.41, 5.74) is 6.35. The van der Waals surface area contributed by atoms with Crippen molar-refractivity contribution in [3.8, 4) is 5.75 Å². The van der Waals surface area contributed by atoms with Crippen LogP contribution in [0.3, 0.4) is 0 Å². The number of hydrogen-bond acceptors (Lipinski definition) is 3. The van der Waals surface area contributed by atoms with Crippen LogP contribution in [0.5, 0.6) is 5.75 Å². The molecule has 3 nitrogen and oxygen atoms in total. The Bertz CT molecular complexity index is 484. The van der Waals surface area contributed by atoms with Crippen LogP contribution in [-0.4, -0.2) is 17.4 Å². The fourth-order valence-corrected chi connectivity index (χ4v) is 3.07. The van der Waals surface area contributed by atoms with Gasteiger partial charge in [0.1, 0.15) is 5.75 Å². The third kappa shape index (κ3) is 3.40. The fraction of sp³-hybridized carbons (Fsp3) is 0.588. The normalized spacial score (nSPS) is 26.6. The molecule has 0 aliphatic heterocycles. The van der Waals surface area contributed by atoms with Crippen LogP contribution < -0.4 is 10.5 Å². The number of nitrogens with two attached hydrogens (primary N) is 1. The van der Waals surface area contributed by atoms with Crippen LogP contribution in [0.4, 0.5) is 0 Å². The molecule has 20 heavy (non-hydrogen) atoms. The Morgan fingerprint density at radius 3 is 2.85 bits per heavy atom. The smallest absolute Gasteiger partial charge is 0.182 e. The second kappa shape index (κ2) is 5.96. The maximum atomic E-state index is 12.7. The summed E-state index contributed by atoms with van der Waals surface area (Å²) in [4.78, 5) is 12.7. The molecule has 1 aliphatic carbocycles. The van der Waals surface area contributed by atoms with Crippen molar-refractivity contribution in [3.63, 3.8) is 0 Å². The van der Waals surface area contributed by atoms with Crippen LogP contribution in [0, 0.1) is 5.92 Å². The second-order valence-electron chi connectivity index (χ2n) is 6.38. The largest absolute Gasteiger partial charge is 0.491 e. The summed E-state index contributed by atoms with van der Waals surface area (Å²) < 4.78 is 5.65. The van der Waals surface area contributed by atoms with E-state index in [-0.39, 0.29) is 11.9 Å². The lowest BCUT2D eigenvalue weighted by molar-refractivity contribution is 0.0819. The first-order chi connectivity index (χ1) is 9.40. The van der Waals surface area contributed by atoms with Crippen LogP contribution >= 0.6 is 0 Å². The topological polar surface area (TPSA) is 52.3 Å². The molecule has 3 heteroatoms. The molecule has 1 fully saturated rings. The molecule has 0 heterocycles. The van der Waals surface area contributed by atoms with E-state index in [0.29, 0.717) is 11.5 Å². The van der Waals surface area contributed by atoms with Gasteiger partial charge in [0, 0.05) is 5.56 Å². The van der Waals surface area contributed by atoms with Gasteiger partial charge in [-0.2, -0.15) is 0 Å². The van der Waals surface area contributed by atoms with Gasteiger partial charge < -0.3 is 10.5 Å². The standard InChI is InChI=1S/C17H25NO2/c1-12(2)20-15-8-4-7-14(10-15)16(19)17(18)9-5-6-13(3)11-17/h4,7-8,10,12-13H,5-6,9,11,18H2,1-3H3. The summed E-state index contributed by atoms with van der Waals surface area (Å²) in [6.07, 6.45) is 3.86. The van der Waals surface area contributed by atoms with Gasteiger partial charge in [-0.15, -0.1) is 0 Å². The van der Waals surface area contributed by atoms with E-state index in [1.54, 1.807) is 0 Å². The molecule has 1 aromatic rings. The zero-order valence-electron chi connectivity index (χ0n) is 12.7. The van der Waals surface area contributed by atoms with Crippen LogP contribution in [0.15, 0.2) is 24.3 Å². The lowest BCUT2D eigenvalue weighted by Gasteiger charge is -2.35.